The van der Waals surface area contributed by atoms with E-state index in [4.69, 9.17) is 5.73 Å². The van der Waals surface area contributed by atoms with Crippen molar-refractivity contribution in [3.8, 4) is 0 Å². The largest absolute Gasteiger partial charge is 0.366 e. The highest BCUT2D eigenvalue weighted by Gasteiger charge is 2.26. The minimum atomic E-state index is -0.410. The SMILES string of the molecule is CCN(CC)C(=O)c1ccc(C(Cc2cccc(C(N)=O)c2)N2CCN(Cc3ccccc3)CC2)cc1. The van der Waals surface area contributed by atoms with E-state index in [1.807, 2.05) is 43.0 Å². The summed E-state index contributed by atoms with van der Waals surface area (Å²) in [7, 11) is 0. The molecule has 3 aromatic rings. The van der Waals surface area contributed by atoms with Gasteiger partial charge in [0.25, 0.3) is 5.91 Å². The van der Waals surface area contributed by atoms with Crippen LogP contribution in [0.15, 0.2) is 78.9 Å². The van der Waals surface area contributed by atoms with E-state index < -0.39 is 5.91 Å². The van der Waals surface area contributed by atoms with Gasteiger partial charge in [0, 0.05) is 63.0 Å². The summed E-state index contributed by atoms with van der Waals surface area (Å²) in [5.74, 6) is -0.344. The van der Waals surface area contributed by atoms with Gasteiger partial charge in [0.05, 0.1) is 0 Å². The third kappa shape index (κ3) is 6.85. The standard InChI is InChI=1S/C31H38N4O2/c1-3-34(4-2)31(37)27-15-13-26(14-16-27)29(22-25-11-8-12-28(21-25)30(32)36)35-19-17-33(18-20-35)23-24-9-6-5-7-10-24/h5-16,21,29H,3-4,17-20,22-23H2,1-2H3,(H2,32,36). The molecule has 4 rings (SSSR count). The number of hydrogen-bond acceptors (Lipinski definition) is 4. The Labute approximate surface area is 220 Å². The van der Waals surface area contributed by atoms with Crippen molar-refractivity contribution in [1.82, 2.24) is 14.7 Å². The van der Waals surface area contributed by atoms with Gasteiger partial charge in [-0.15, -0.1) is 0 Å². The van der Waals surface area contributed by atoms with E-state index in [0.29, 0.717) is 18.7 Å². The Morgan fingerprint density at radius 3 is 2.08 bits per heavy atom. The van der Waals surface area contributed by atoms with Crippen LogP contribution in [-0.2, 0) is 13.0 Å². The molecule has 0 aliphatic carbocycles. The van der Waals surface area contributed by atoms with Crippen LogP contribution in [0, 0.1) is 0 Å². The summed E-state index contributed by atoms with van der Waals surface area (Å²) in [6.45, 7) is 10.2. The van der Waals surface area contributed by atoms with Crippen LogP contribution in [0.5, 0.6) is 0 Å². The van der Waals surface area contributed by atoms with Gasteiger partial charge in [0.2, 0.25) is 5.91 Å². The molecule has 6 heteroatoms. The summed E-state index contributed by atoms with van der Waals surface area (Å²) in [6.07, 6.45) is 0.767. The highest BCUT2D eigenvalue weighted by Crippen LogP contribution is 2.28. The lowest BCUT2D eigenvalue weighted by Crippen LogP contribution is -2.47. The Hall–Kier alpha value is -3.48. The van der Waals surface area contributed by atoms with Crippen molar-refractivity contribution >= 4 is 11.8 Å². The fraction of sp³-hybridized carbons (Fsp3) is 0.355. The Balaban J connectivity index is 1.53. The molecule has 2 N–H and O–H groups in total. The predicted octanol–water partition coefficient (Wildman–Crippen LogP) is 4.37. The van der Waals surface area contributed by atoms with Crippen molar-refractivity contribution in [2.75, 3.05) is 39.3 Å². The predicted molar refractivity (Wildman–Crippen MR) is 148 cm³/mol. The summed E-state index contributed by atoms with van der Waals surface area (Å²) in [5.41, 5.74) is 10.4. The molecule has 1 aliphatic rings. The van der Waals surface area contributed by atoms with E-state index in [-0.39, 0.29) is 11.9 Å². The number of rotatable bonds is 10. The average molecular weight is 499 g/mol. The number of benzene rings is 3. The molecule has 0 spiro atoms. The van der Waals surface area contributed by atoms with Gasteiger partial charge in [-0.05, 0) is 61.2 Å². The van der Waals surface area contributed by atoms with Crippen LogP contribution in [0.3, 0.4) is 0 Å². The number of nitrogens with zero attached hydrogens (tertiary/aromatic N) is 3. The molecule has 194 valence electrons. The van der Waals surface area contributed by atoms with E-state index in [9.17, 15) is 9.59 Å². The lowest BCUT2D eigenvalue weighted by atomic mass is 9.94. The molecule has 0 aromatic heterocycles. The molecule has 1 heterocycles. The summed E-state index contributed by atoms with van der Waals surface area (Å²) in [4.78, 5) is 31.5. The molecule has 37 heavy (non-hydrogen) atoms. The number of piperazine rings is 1. The van der Waals surface area contributed by atoms with Crippen molar-refractivity contribution in [1.29, 1.82) is 0 Å². The van der Waals surface area contributed by atoms with E-state index in [1.54, 1.807) is 6.07 Å². The first-order chi connectivity index (χ1) is 18.0. The molecular formula is C31H38N4O2. The van der Waals surface area contributed by atoms with Gasteiger partial charge in [0.1, 0.15) is 0 Å². The zero-order valence-electron chi connectivity index (χ0n) is 22.0. The maximum atomic E-state index is 12.8. The number of amides is 2. The van der Waals surface area contributed by atoms with Crippen molar-refractivity contribution in [2.24, 2.45) is 5.73 Å². The fourth-order valence-corrected chi connectivity index (χ4v) is 5.15. The Kier molecular flexibility index (Phi) is 9.09. The van der Waals surface area contributed by atoms with Gasteiger partial charge in [-0.3, -0.25) is 19.4 Å². The number of hydrogen-bond donors (Lipinski definition) is 1. The second-order valence-corrected chi connectivity index (χ2v) is 9.68. The molecule has 0 bridgehead atoms. The van der Waals surface area contributed by atoms with Gasteiger partial charge in [-0.25, -0.2) is 0 Å². The van der Waals surface area contributed by atoms with Gasteiger partial charge in [-0.1, -0.05) is 54.6 Å². The van der Waals surface area contributed by atoms with Crippen molar-refractivity contribution in [3.63, 3.8) is 0 Å². The van der Waals surface area contributed by atoms with Gasteiger partial charge >= 0.3 is 0 Å². The van der Waals surface area contributed by atoms with Crippen molar-refractivity contribution in [3.05, 3.63) is 107 Å². The van der Waals surface area contributed by atoms with E-state index >= 15 is 0 Å². The van der Waals surface area contributed by atoms with E-state index in [0.717, 1.165) is 50.3 Å². The highest BCUT2D eigenvalue weighted by atomic mass is 16.2. The molecule has 1 aliphatic heterocycles. The average Bonchev–Trinajstić information content (AvgIpc) is 2.94. The van der Waals surface area contributed by atoms with Crippen LogP contribution in [0.25, 0.3) is 0 Å². The topological polar surface area (TPSA) is 69.9 Å². The molecule has 1 saturated heterocycles. The lowest BCUT2D eigenvalue weighted by molar-refractivity contribution is 0.0772. The van der Waals surface area contributed by atoms with Crippen molar-refractivity contribution < 1.29 is 9.59 Å². The van der Waals surface area contributed by atoms with Crippen LogP contribution in [0.1, 0.15) is 57.3 Å². The van der Waals surface area contributed by atoms with Crippen LogP contribution in [0.2, 0.25) is 0 Å². The summed E-state index contributed by atoms with van der Waals surface area (Å²) in [5, 5.41) is 0. The third-order valence-electron chi connectivity index (χ3n) is 7.33. The maximum Gasteiger partial charge on any atom is 0.253 e. The van der Waals surface area contributed by atoms with Crippen LogP contribution in [-0.4, -0.2) is 65.8 Å². The highest BCUT2D eigenvalue weighted by molar-refractivity contribution is 5.94. The molecule has 0 saturated carbocycles. The molecule has 3 aromatic carbocycles. The molecule has 1 atom stereocenters. The second-order valence-electron chi connectivity index (χ2n) is 9.68. The minimum absolute atomic E-state index is 0.0665. The molecule has 1 unspecified atom stereocenters. The normalized spacial score (nSPS) is 15.3. The summed E-state index contributed by atoms with van der Waals surface area (Å²) >= 11 is 0. The number of nitrogens with two attached hydrogens (primary N) is 1. The molecule has 6 nitrogen and oxygen atoms in total. The molecule has 0 radical (unpaired) electrons. The van der Waals surface area contributed by atoms with E-state index in [1.165, 1.54) is 11.1 Å². The first-order valence-electron chi connectivity index (χ1n) is 13.3. The smallest absolute Gasteiger partial charge is 0.253 e. The summed E-state index contributed by atoms with van der Waals surface area (Å²) in [6, 6.07) is 26.5. The number of carbonyl (C=O) groups is 2. The monoisotopic (exact) mass is 498 g/mol. The van der Waals surface area contributed by atoms with Crippen molar-refractivity contribution in [2.45, 2.75) is 32.9 Å². The second kappa shape index (κ2) is 12.7. The lowest BCUT2D eigenvalue weighted by Gasteiger charge is -2.40. The molecule has 2 amide bonds. The first kappa shape index (κ1) is 26.6. The maximum absolute atomic E-state index is 12.8. The Morgan fingerprint density at radius 1 is 0.811 bits per heavy atom. The number of carbonyl (C=O) groups excluding carboxylic acids is 2. The van der Waals surface area contributed by atoms with E-state index in [2.05, 4.69) is 58.3 Å². The van der Waals surface area contributed by atoms with Crippen LogP contribution in [0.4, 0.5) is 0 Å². The fourth-order valence-electron chi connectivity index (χ4n) is 5.15. The van der Waals surface area contributed by atoms with Gasteiger partial charge < -0.3 is 10.6 Å². The molecular weight excluding hydrogens is 460 g/mol. The van der Waals surface area contributed by atoms with Crippen LogP contribution >= 0.6 is 0 Å². The first-order valence-corrected chi connectivity index (χ1v) is 13.3. The molecule has 1 fully saturated rings. The van der Waals surface area contributed by atoms with Gasteiger partial charge in [-0.2, -0.15) is 0 Å². The third-order valence-corrected chi connectivity index (χ3v) is 7.33. The Bertz CT molecular complexity index is 1170. The zero-order valence-corrected chi connectivity index (χ0v) is 22.0. The quantitative estimate of drug-likeness (QED) is 0.451. The zero-order chi connectivity index (χ0) is 26.2. The minimum Gasteiger partial charge on any atom is -0.366 e. The Morgan fingerprint density at radius 2 is 1.46 bits per heavy atom. The van der Waals surface area contributed by atoms with Gasteiger partial charge in [0.15, 0.2) is 0 Å². The van der Waals surface area contributed by atoms with Crippen LogP contribution < -0.4 is 5.73 Å². The summed E-state index contributed by atoms with van der Waals surface area (Å²) < 4.78 is 0. The number of primary amides is 1.